The number of hydrogen-bond acceptors (Lipinski definition) is 6. The van der Waals surface area contributed by atoms with Gasteiger partial charge in [-0.2, -0.15) is 4.36 Å². The first-order chi connectivity index (χ1) is 12.8. The van der Waals surface area contributed by atoms with Crippen LogP contribution in [0.1, 0.15) is 43.9 Å². The van der Waals surface area contributed by atoms with Gasteiger partial charge in [-0.15, -0.1) is 10.2 Å². The Labute approximate surface area is 158 Å². The maximum atomic E-state index is 13.2. The molecule has 4 rings (SSSR count). The van der Waals surface area contributed by atoms with Crippen LogP contribution in [0.4, 0.5) is 0 Å². The number of fused-ring (bicyclic) bond motifs is 1. The number of aromatic nitrogens is 3. The molecule has 9 nitrogen and oxygen atoms in total. The Hall–Kier alpha value is -1.81. The predicted octanol–water partition coefficient (Wildman–Crippen LogP) is 0.480. The summed E-state index contributed by atoms with van der Waals surface area (Å²) in [6.07, 6.45) is 2.61. The number of nitrogens with zero attached hydrogens (tertiary/aromatic N) is 5. The van der Waals surface area contributed by atoms with Crippen LogP contribution in [0.25, 0.3) is 0 Å². The maximum Gasteiger partial charge on any atom is 0.250 e. The Morgan fingerprint density at radius 3 is 2.74 bits per heavy atom. The van der Waals surface area contributed by atoms with Crippen molar-refractivity contribution in [1.82, 2.24) is 19.7 Å². The molecule has 10 heteroatoms. The largest absolute Gasteiger partial charge is 0.371 e. The van der Waals surface area contributed by atoms with Crippen molar-refractivity contribution in [1.29, 1.82) is 0 Å². The topological polar surface area (TPSA) is 107 Å². The fourth-order valence-electron chi connectivity index (χ4n) is 4.41. The van der Waals surface area contributed by atoms with Crippen LogP contribution in [0.2, 0.25) is 0 Å². The minimum Gasteiger partial charge on any atom is -0.371 e. The van der Waals surface area contributed by atoms with Crippen molar-refractivity contribution < 1.29 is 18.5 Å². The molecule has 1 aromatic rings. The van der Waals surface area contributed by atoms with Crippen molar-refractivity contribution >= 4 is 21.5 Å². The summed E-state index contributed by atoms with van der Waals surface area (Å²) in [5.74, 6) is 2.02. The third kappa shape index (κ3) is 3.40. The highest BCUT2D eigenvalue weighted by atomic mass is 32.2. The molecule has 27 heavy (non-hydrogen) atoms. The fourth-order valence-corrected chi connectivity index (χ4v) is 6.64. The molecule has 0 bridgehead atoms. The lowest BCUT2D eigenvalue weighted by Crippen LogP contribution is -2.57. The van der Waals surface area contributed by atoms with Crippen LogP contribution in [0.5, 0.6) is 0 Å². The fraction of sp³-hybridized carbons (Fsp3) is 0.765. The summed E-state index contributed by atoms with van der Waals surface area (Å²) < 4.78 is 24.5. The molecule has 1 spiro atoms. The van der Waals surface area contributed by atoms with Gasteiger partial charge in [-0.25, -0.2) is 4.21 Å². The molecule has 4 heterocycles. The van der Waals surface area contributed by atoms with Gasteiger partial charge in [-0.3, -0.25) is 9.59 Å². The van der Waals surface area contributed by atoms with Crippen LogP contribution < -0.4 is 0 Å². The van der Waals surface area contributed by atoms with E-state index in [1.807, 2.05) is 16.4 Å². The van der Waals surface area contributed by atoms with Gasteiger partial charge >= 0.3 is 0 Å². The molecule has 2 fully saturated rings. The second-order valence-corrected chi connectivity index (χ2v) is 10.2. The van der Waals surface area contributed by atoms with Crippen molar-refractivity contribution in [3.05, 3.63) is 11.6 Å². The Bertz CT molecular complexity index is 887. The molecule has 148 valence electrons. The van der Waals surface area contributed by atoms with E-state index in [2.05, 4.69) is 14.6 Å². The van der Waals surface area contributed by atoms with Crippen LogP contribution in [-0.4, -0.2) is 72.5 Å². The lowest BCUT2D eigenvalue weighted by atomic mass is 9.94. The summed E-state index contributed by atoms with van der Waals surface area (Å²) in [5.41, 5.74) is -0.481. The third-order valence-corrected chi connectivity index (χ3v) is 8.06. The van der Waals surface area contributed by atoms with E-state index >= 15 is 0 Å². The van der Waals surface area contributed by atoms with Gasteiger partial charge < -0.3 is 14.2 Å². The number of carbonyl (C=O) groups excluding carboxylic acids is 2. The maximum absolute atomic E-state index is 13.2. The van der Waals surface area contributed by atoms with Crippen LogP contribution in [0.3, 0.4) is 0 Å². The Balaban J connectivity index is 1.48. The number of carbonyl (C=O) groups is 2. The summed E-state index contributed by atoms with van der Waals surface area (Å²) >= 11 is 0. The van der Waals surface area contributed by atoms with E-state index in [9.17, 15) is 13.8 Å². The van der Waals surface area contributed by atoms with E-state index in [0.29, 0.717) is 44.0 Å². The van der Waals surface area contributed by atoms with E-state index < -0.39 is 21.2 Å². The quantitative estimate of drug-likeness (QED) is 0.685. The average molecular weight is 395 g/mol. The van der Waals surface area contributed by atoms with Crippen LogP contribution in [0.15, 0.2) is 4.36 Å². The Kier molecular flexibility index (Phi) is 4.58. The Morgan fingerprint density at radius 1 is 1.30 bits per heavy atom. The summed E-state index contributed by atoms with van der Waals surface area (Å²) in [4.78, 5) is 26.3. The summed E-state index contributed by atoms with van der Waals surface area (Å²) in [5, 5.41) is 8.23. The first-order valence-electron chi connectivity index (χ1n) is 9.37. The summed E-state index contributed by atoms with van der Waals surface area (Å²) in [6, 6.07) is -0.245. The van der Waals surface area contributed by atoms with Gasteiger partial charge in [-0.1, -0.05) is 0 Å². The zero-order valence-corrected chi connectivity index (χ0v) is 16.5. The Morgan fingerprint density at radius 2 is 2.04 bits per heavy atom. The van der Waals surface area contributed by atoms with Gasteiger partial charge in [0.25, 0.3) is 5.91 Å². The third-order valence-electron chi connectivity index (χ3n) is 5.78. The highest BCUT2D eigenvalue weighted by molar-refractivity contribution is 7.93. The van der Waals surface area contributed by atoms with Crippen molar-refractivity contribution in [3.63, 3.8) is 0 Å². The number of ether oxygens (including phenoxy) is 1. The molecule has 3 aliphatic rings. The first kappa shape index (κ1) is 18.5. The van der Waals surface area contributed by atoms with E-state index in [1.54, 1.807) is 0 Å². The molecule has 1 atom stereocenters. The highest BCUT2D eigenvalue weighted by Crippen LogP contribution is 2.34. The van der Waals surface area contributed by atoms with Crippen molar-refractivity contribution in [2.24, 2.45) is 4.36 Å². The van der Waals surface area contributed by atoms with Gasteiger partial charge in [0.2, 0.25) is 5.91 Å². The number of amides is 2. The van der Waals surface area contributed by atoms with Gasteiger partial charge in [0, 0.05) is 37.9 Å². The SMILES string of the molecule is CC(=O)N=S1(=O)CCC2(CC1)CN(C(=O)C1CCc3nnc(C)n31)CCO2. The molecule has 1 aromatic heterocycles. The van der Waals surface area contributed by atoms with Crippen molar-refractivity contribution in [2.45, 2.75) is 51.2 Å². The zero-order valence-electron chi connectivity index (χ0n) is 15.7. The molecule has 2 amide bonds. The minimum absolute atomic E-state index is 0.0825. The van der Waals surface area contributed by atoms with Crippen molar-refractivity contribution in [2.75, 3.05) is 31.2 Å². The second-order valence-electron chi connectivity index (χ2n) is 7.67. The van der Waals surface area contributed by atoms with Crippen molar-refractivity contribution in [3.8, 4) is 0 Å². The van der Waals surface area contributed by atoms with Crippen LogP contribution in [0, 0.1) is 6.92 Å². The van der Waals surface area contributed by atoms with E-state index in [4.69, 9.17) is 4.74 Å². The lowest BCUT2D eigenvalue weighted by molar-refractivity contribution is -0.155. The number of morpholine rings is 1. The van der Waals surface area contributed by atoms with E-state index in [-0.39, 0.29) is 11.9 Å². The van der Waals surface area contributed by atoms with Crippen LogP contribution in [-0.2, 0) is 30.5 Å². The molecule has 3 aliphatic heterocycles. The average Bonchev–Trinajstić information content (AvgIpc) is 3.20. The highest BCUT2D eigenvalue weighted by Gasteiger charge is 2.44. The van der Waals surface area contributed by atoms with Gasteiger partial charge in [0.05, 0.1) is 21.9 Å². The standard InChI is InChI=1S/C17H25N5O4S/c1-12-18-19-15-4-3-14(22(12)15)16(24)21-7-8-26-17(11-21)5-9-27(25,10-6-17)20-13(2)23/h14H,3-11H2,1-2H3. The summed E-state index contributed by atoms with van der Waals surface area (Å²) in [7, 11) is -2.48. The van der Waals surface area contributed by atoms with Gasteiger partial charge in [0.1, 0.15) is 17.7 Å². The van der Waals surface area contributed by atoms with Gasteiger partial charge in [0.15, 0.2) is 0 Å². The summed E-state index contributed by atoms with van der Waals surface area (Å²) in [6.45, 7) is 4.73. The predicted molar refractivity (Wildman–Crippen MR) is 97.6 cm³/mol. The smallest absolute Gasteiger partial charge is 0.250 e. The monoisotopic (exact) mass is 395 g/mol. The van der Waals surface area contributed by atoms with E-state index in [0.717, 1.165) is 24.5 Å². The molecule has 0 saturated carbocycles. The first-order valence-corrected chi connectivity index (χ1v) is 11.2. The molecule has 0 aromatic carbocycles. The minimum atomic E-state index is -2.48. The molecule has 0 aliphatic carbocycles. The van der Waals surface area contributed by atoms with E-state index in [1.165, 1.54) is 6.92 Å². The normalized spacial score (nSPS) is 33.1. The second kappa shape index (κ2) is 6.66. The molecule has 0 radical (unpaired) electrons. The number of aryl methyl sites for hydroxylation is 2. The number of hydrogen-bond donors (Lipinski definition) is 0. The van der Waals surface area contributed by atoms with Gasteiger partial charge in [-0.05, 0) is 26.2 Å². The zero-order chi connectivity index (χ0) is 19.2. The lowest BCUT2D eigenvalue weighted by Gasteiger charge is -2.45. The molecule has 2 saturated heterocycles. The molecular weight excluding hydrogens is 370 g/mol. The van der Waals surface area contributed by atoms with Crippen LogP contribution >= 0.6 is 0 Å². The number of rotatable bonds is 1. The molecular formula is C17H25N5O4S. The molecule has 1 unspecified atom stereocenters. The molecule has 0 N–H and O–H groups in total.